The molecule has 0 atom stereocenters. The van der Waals surface area contributed by atoms with Gasteiger partial charge in [0.15, 0.2) is 0 Å². The topological polar surface area (TPSA) is 63.0 Å². The summed E-state index contributed by atoms with van der Waals surface area (Å²) in [6, 6.07) is 0. The van der Waals surface area contributed by atoms with Crippen molar-refractivity contribution in [3.63, 3.8) is 0 Å². The van der Waals surface area contributed by atoms with Crippen LogP contribution in [0.2, 0.25) is 0 Å². The zero-order valence-electron chi connectivity index (χ0n) is 7.39. The third-order valence-electron chi connectivity index (χ3n) is 1.22. The summed E-state index contributed by atoms with van der Waals surface area (Å²) >= 11 is 4.82. The molecule has 1 heterocycles. The maximum Gasteiger partial charge on any atom is 0.293 e. The Kier molecular flexibility index (Phi) is 3.07. The van der Waals surface area contributed by atoms with Crippen LogP contribution in [0.25, 0.3) is 0 Å². The number of hydrogen-bond acceptors (Lipinski definition) is 4. The van der Waals surface area contributed by atoms with Crippen molar-refractivity contribution in [3.05, 3.63) is 21.3 Å². The van der Waals surface area contributed by atoms with Gasteiger partial charge in [0, 0.05) is 6.21 Å². The summed E-state index contributed by atoms with van der Waals surface area (Å²) < 4.78 is 1.30. The highest BCUT2D eigenvalue weighted by atomic mass is 32.1. The molecule has 0 amide bonds. The Labute approximate surface area is 80.1 Å². The molecule has 0 aliphatic heterocycles. The summed E-state index contributed by atoms with van der Waals surface area (Å²) in [6.45, 7) is 3.92. The average Bonchev–Trinajstić information content (AvgIpc) is 2.03. The molecule has 0 saturated heterocycles. The lowest BCUT2D eigenvalue weighted by molar-refractivity contribution is 0.728. The van der Waals surface area contributed by atoms with Crippen LogP contribution in [0.5, 0.6) is 0 Å². The molecule has 70 valence electrons. The van der Waals surface area contributed by atoms with Gasteiger partial charge in [0.1, 0.15) is 6.20 Å². The molecular formula is C7H10N4OS. The van der Waals surface area contributed by atoms with Crippen LogP contribution in [0.4, 0.5) is 0 Å². The fraction of sp³-hybridized carbons (Fsp3) is 0.429. The largest absolute Gasteiger partial charge is 0.293 e. The minimum absolute atomic E-state index is 0.199. The first-order valence-electron chi connectivity index (χ1n) is 3.82. The molecule has 13 heavy (non-hydrogen) atoms. The molecule has 0 radical (unpaired) electrons. The van der Waals surface area contributed by atoms with Crippen molar-refractivity contribution in [2.45, 2.75) is 13.8 Å². The fourth-order valence-electron chi connectivity index (χ4n) is 0.654. The zero-order chi connectivity index (χ0) is 9.84. The van der Waals surface area contributed by atoms with E-state index < -0.39 is 0 Å². The van der Waals surface area contributed by atoms with Gasteiger partial charge >= 0.3 is 0 Å². The van der Waals surface area contributed by atoms with Crippen molar-refractivity contribution in [2.24, 2.45) is 11.0 Å². The summed E-state index contributed by atoms with van der Waals surface area (Å²) in [5.74, 6) is 0.273. The van der Waals surface area contributed by atoms with E-state index >= 15 is 0 Å². The Morgan fingerprint density at radius 1 is 1.77 bits per heavy atom. The number of hydrogen-bond donors (Lipinski definition) is 1. The highest BCUT2D eigenvalue weighted by Gasteiger charge is 1.94. The molecular weight excluding hydrogens is 188 g/mol. The number of rotatable bonds is 2. The number of nitrogens with one attached hydrogen (secondary N) is 1. The molecule has 1 N–H and O–H groups in total. The van der Waals surface area contributed by atoms with Crippen LogP contribution in [0.15, 0.2) is 16.1 Å². The van der Waals surface area contributed by atoms with E-state index in [1.807, 2.05) is 13.8 Å². The smallest absolute Gasteiger partial charge is 0.265 e. The normalized spacial score (nSPS) is 11.3. The van der Waals surface area contributed by atoms with Gasteiger partial charge in [0.25, 0.3) is 5.56 Å². The van der Waals surface area contributed by atoms with E-state index in [4.69, 9.17) is 12.2 Å². The van der Waals surface area contributed by atoms with Crippen LogP contribution in [0.3, 0.4) is 0 Å². The summed E-state index contributed by atoms with van der Waals surface area (Å²) in [5.41, 5.74) is -0.333. The van der Waals surface area contributed by atoms with Crippen LogP contribution in [0, 0.1) is 10.7 Å². The summed E-state index contributed by atoms with van der Waals surface area (Å²) in [6.07, 6.45) is 2.78. The second-order valence-corrected chi connectivity index (χ2v) is 3.22. The first-order valence-corrected chi connectivity index (χ1v) is 4.23. The number of aromatic amines is 1. The highest BCUT2D eigenvalue weighted by molar-refractivity contribution is 7.71. The van der Waals surface area contributed by atoms with E-state index in [1.165, 1.54) is 0 Å². The molecule has 1 aromatic rings. The predicted molar refractivity (Wildman–Crippen MR) is 52.4 cm³/mol. The second kappa shape index (κ2) is 4.08. The van der Waals surface area contributed by atoms with Gasteiger partial charge in [-0.1, -0.05) is 13.8 Å². The molecule has 0 aliphatic rings. The third kappa shape index (κ3) is 2.59. The standard InChI is InChI=1S/C7H10N4OS/c1-5(2)3-9-11-6(12)4-8-10-7(11)13/h3-5H,1-2H3,(H,10,13)/b9-3+. The monoisotopic (exact) mass is 198 g/mol. The van der Waals surface area contributed by atoms with Gasteiger partial charge in [-0.15, -0.1) is 0 Å². The first-order chi connectivity index (χ1) is 6.11. The molecule has 0 bridgehead atoms. The fourth-order valence-corrected chi connectivity index (χ4v) is 0.844. The van der Waals surface area contributed by atoms with Gasteiger partial charge in [-0.05, 0) is 18.1 Å². The third-order valence-corrected chi connectivity index (χ3v) is 1.48. The molecule has 1 rings (SSSR count). The molecule has 0 aromatic carbocycles. The number of nitrogens with zero attached hydrogens (tertiary/aromatic N) is 3. The van der Waals surface area contributed by atoms with Gasteiger partial charge in [-0.25, -0.2) is 0 Å². The average molecular weight is 198 g/mol. The lowest BCUT2D eigenvalue weighted by Gasteiger charge is -1.96. The summed E-state index contributed by atoms with van der Waals surface area (Å²) in [7, 11) is 0. The number of H-pyrrole nitrogens is 1. The lowest BCUT2D eigenvalue weighted by atomic mass is 10.3. The van der Waals surface area contributed by atoms with Crippen molar-refractivity contribution in [1.29, 1.82) is 0 Å². The molecule has 1 aromatic heterocycles. The molecule has 0 unspecified atom stereocenters. The minimum atomic E-state index is -0.333. The van der Waals surface area contributed by atoms with Crippen molar-refractivity contribution in [3.8, 4) is 0 Å². The van der Waals surface area contributed by atoms with Crippen LogP contribution in [-0.4, -0.2) is 21.1 Å². The Bertz CT molecular complexity index is 389. The first kappa shape index (κ1) is 9.79. The predicted octanol–water partition coefficient (Wildman–Crippen LogP) is 0.791. The van der Waals surface area contributed by atoms with Gasteiger partial charge < -0.3 is 0 Å². The molecule has 0 spiro atoms. The van der Waals surface area contributed by atoms with Gasteiger partial charge in [-0.2, -0.15) is 14.9 Å². The molecule has 5 nitrogen and oxygen atoms in total. The molecule has 0 saturated carbocycles. The quantitative estimate of drug-likeness (QED) is 0.564. The number of aromatic nitrogens is 3. The summed E-state index contributed by atoms with van der Waals surface area (Å²) in [5, 5.41) is 9.92. The van der Waals surface area contributed by atoms with Crippen molar-refractivity contribution in [2.75, 3.05) is 0 Å². The molecule has 6 heteroatoms. The maximum atomic E-state index is 11.2. The Balaban J connectivity index is 3.15. The lowest BCUT2D eigenvalue weighted by Crippen LogP contribution is -2.18. The van der Waals surface area contributed by atoms with Crippen LogP contribution < -0.4 is 5.56 Å². The molecule has 0 fully saturated rings. The van der Waals surface area contributed by atoms with Crippen molar-refractivity contribution in [1.82, 2.24) is 14.9 Å². The zero-order valence-corrected chi connectivity index (χ0v) is 8.21. The van der Waals surface area contributed by atoms with Crippen LogP contribution >= 0.6 is 12.2 Å². The highest BCUT2D eigenvalue weighted by Crippen LogP contribution is 1.86. The van der Waals surface area contributed by atoms with E-state index in [9.17, 15) is 4.79 Å². The minimum Gasteiger partial charge on any atom is -0.265 e. The van der Waals surface area contributed by atoms with E-state index in [2.05, 4.69) is 15.3 Å². The van der Waals surface area contributed by atoms with Crippen LogP contribution in [-0.2, 0) is 0 Å². The second-order valence-electron chi connectivity index (χ2n) is 2.83. The summed E-state index contributed by atoms with van der Waals surface area (Å²) in [4.78, 5) is 11.2. The SMILES string of the molecule is CC(C)/C=N/n1c(=O)cn[nH]c1=S. The van der Waals surface area contributed by atoms with E-state index in [0.717, 1.165) is 10.9 Å². The molecule has 0 aliphatic carbocycles. The van der Waals surface area contributed by atoms with Gasteiger partial charge in [-0.3, -0.25) is 9.89 Å². The van der Waals surface area contributed by atoms with Crippen molar-refractivity contribution >= 4 is 18.4 Å². The van der Waals surface area contributed by atoms with E-state index in [-0.39, 0.29) is 16.2 Å². The van der Waals surface area contributed by atoms with Gasteiger partial charge in [0.05, 0.1) is 0 Å². The Morgan fingerprint density at radius 2 is 2.46 bits per heavy atom. The van der Waals surface area contributed by atoms with E-state index in [0.29, 0.717) is 0 Å². The Hall–Kier alpha value is -1.30. The maximum absolute atomic E-state index is 11.2. The van der Waals surface area contributed by atoms with Crippen molar-refractivity contribution < 1.29 is 0 Å². The van der Waals surface area contributed by atoms with E-state index in [1.54, 1.807) is 6.21 Å². The van der Waals surface area contributed by atoms with Crippen LogP contribution in [0.1, 0.15) is 13.8 Å². The van der Waals surface area contributed by atoms with Gasteiger partial charge in [0.2, 0.25) is 4.77 Å². The Morgan fingerprint density at radius 3 is 3.00 bits per heavy atom.